The minimum atomic E-state index is -0.0292. The molecule has 2 aromatic carbocycles. The van der Waals surface area contributed by atoms with Gasteiger partial charge in [0, 0.05) is 30.3 Å². The van der Waals surface area contributed by atoms with Crippen LogP contribution in [0, 0.1) is 0 Å². The van der Waals surface area contributed by atoms with Crippen LogP contribution in [0.2, 0.25) is 0 Å². The van der Waals surface area contributed by atoms with Crippen molar-refractivity contribution >= 4 is 17.9 Å². The lowest BCUT2D eigenvalue weighted by Gasteiger charge is -2.21. The SMILES string of the molecule is C=CCOc1ccc(/C=C/C(=O)N(Cc2ccc(C(=O)NC3CC3)cc2)C2CC2)cc1OC. The van der Waals surface area contributed by atoms with Gasteiger partial charge < -0.3 is 19.7 Å². The van der Waals surface area contributed by atoms with E-state index in [4.69, 9.17) is 9.47 Å². The Kier molecular flexibility index (Phi) is 7.13. The normalized spacial score (nSPS) is 15.2. The second-order valence-corrected chi connectivity index (χ2v) is 8.49. The number of benzene rings is 2. The van der Waals surface area contributed by atoms with E-state index in [1.807, 2.05) is 47.4 Å². The lowest BCUT2D eigenvalue weighted by Crippen LogP contribution is -2.31. The Morgan fingerprint density at radius 3 is 2.48 bits per heavy atom. The highest BCUT2D eigenvalue weighted by Gasteiger charge is 2.31. The van der Waals surface area contributed by atoms with Gasteiger partial charge in [0.25, 0.3) is 5.91 Å². The Bertz CT molecular complexity index is 1040. The van der Waals surface area contributed by atoms with Gasteiger partial charge in [-0.2, -0.15) is 0 Å². The first-order valence-corrected chi connectivity index (χ1v) is 11.4. The number of hydrogen-bond acceptors (Lipinski definition) is 4. The third-order valence-electron chi connectivity index (χ3n) is 5.72. The monoisotopic (exact) mass is 446 g/mol. The lowest BCUT2D eigenvalue weighted by molar-refractivity contribution is -0.127. The first kappa shape index (κ1) is 22.6. The third-order valence-corrected chi connectivity index (χ3v) is 5.72. The minimum Gasteiger partial charge on any atom is -0.493 e. The molecule has 4 rings (SSSR count). The molecule has 0 spiro atoms. The fourth-order valence-electron chi connectivity index (χ4n) is 3.55. The summed E-state index contributed by atoms with van der Waals surface area (Å²) in [6, 6.07) is 13.7. The van der Waals surface area contributed by atoms with Crippen LogP contribution in [0.1, 0.15) is 47.2 Å². The zero-order chi connectivity index (χ0) is 23.2. The van der Waals surface area contributed by atoms with E-state index in [-0.39, 0.29) is 17.9 Å². The molecule has 0 saturated heterocycles. The maximum Gasteiger partial charge on any atom is 0.251 e. The van der Waals surface area contributed by atoms with E-state index in [9.17, 15) is 9.59 Å². The molecule has 2 aliphatic rings. The maximum absolute atomic E-state index is 13.0. The predicted octanol–water partition coefficient (Wildman–Crippen LogP) is 4.36. The molecule has 0 bridgehead atoms. The quantitative estimate of drug-likeness (QED) is 0.411. The first-order valence-electron chi connectivity index (χ1n) is 11.4. The number of rotatable bonds is 11. The zero-order valence-electron chi connectivity index (χ0n) is 19.0. The van der Waals surface area contributed by atoms with Crippen LogP contribution < -0.4 is 14.8 Å². The maximum atomic E-state index is 13.0. The number of nitrogens with zero attached hydrogens (tertiary/aromatic N) is 1. The van der Waals surface area contributed by atoms with Crippen molar-refractivity contribution in [2.45, 2.75) is 44.3 Å². The third kappa shape index (κ3) is 6.25. The molecule has 0 radical (unpaired) electrons. The highest BCUT2D eigenvalue weighted by Crippen LogP contribution is 2.30. The molecule has 2 aromatic rings. The average molecular weight is 447 g/mol. The van der Waals surface area contributed by atoms with Gasteiger partial charge in [-0.15, -0.1) is 0 Å². The number of amides is 2. The summed E-state index contributed by atoms with van der Waals surface area (Å²) in [6.45, 7) is 4.57. The fraction of sp³-hybridized carbons (Fsp3) is 0.333. The second kappa shape index (κ2) is 10.4. The number of carbonyl (C=O) groups is 2. The molecule has 2 aliphatic carbocycles. The first-order chi connectivity index (χ1) is 16.1. The summed E-state index contributed by atoms with van der Waals surface area (Å²) >= 11 is 0. The minimum absolute atomic E-state index is 0.0287. The van der Waals surface area contributed by atoms with Crippen molar-refractivity contribution in [3.63, 3.8) is 0 Å². The van der Waals surface area contributed by atoms with Crippen LogP contribution in [0.5, 0.6) is 11.5 Å². The molecule has 0 unspecified atom stereocenters. The van der Waals surface area contributed by atoms with Crippen LogP contribution in [0.4, 0.5) is 0 Å². The second-order valence-electron chi connectivity index (χ2n) is 8.49. The summed E-state index contributed by atoms with van der Waals surface area (Å²) in [5.41, 5.74) is 2.52. The zero-order valence-corrected chi connectivity index (χ0v) is 19.0. The summed E-state index contributed by atoms with van der Waals surface area (Å²) in [5, 5.41) is 3.00. The molecule has 0 atom stereocenters. The highest BCUT2D eigenvalue weighted by molar-refractivity contribution is 5.94. The Hall–Kier alpha value is -3.54. The topological polar surface area (TPSA) is 67.9 Å². The summed E-state index contributed by atoms with van der Waals surface area (Å²) in [6.07, 6.45) is 9.24. The van der Waals surface area contributed by atoms with Gasteiger partial charge in [-0.05, 0) is 67.2 Å². The fourth-order valence-corrected chi connectivity index (χ4v) is 3.55. The van der Waals surface area contributed by atoms with E-state index in [0.29, 0.717) is 36.3 Å². The average Bonchev–Trinajstić information content (AvgIpc) is 3.75. The molecule has 0 heterocycles. The van der Waals surface area contributed by atoms with Crippen LogP contribution in [0.25, 0.3) is 6.08 Å². The molecule has 33 heavy (non-hydrogen) atoms. The smallest absolute Gasteiger partial charge is 0.251 e. The van der Waals surface area contributed by atoms with Crippen LogP contribution in [0.15, 0.2) is 61.2 Å². The van der Waals surface area contributed by atoms with E-state index < -0.39 is 0 Å². The van der Waals surface area contributed by atoms with E-state index >= 15 is 0 Å². The molecule has 6 nitrogen and oxygen atoms in total. The van der Waals surface area contributed by atoms with Gasteiger partial charge in [0.15, 0.2) is 11.5 Å². The Morgan fingerprint density at radius 2 is 1.85 bits per heavy atom. The molecule has 0 aromatic heterocycles. The molecule has 6 heteroatoms. The van der Waals surface area contributed by atoms with Crippen LogP contribution in [0.3, 0.4) is 0 Å². The molecule has 2 saturated carbocycles. The largest absolute Gasteiger partial charge is 0.493 e. The summed E-state index contributed by atoms with van der Waals surface area (Å²) < 4.78 is 11.0. The molecular formula is C27H30N2O4. The van der Waals surface area contributed by atoms with E-state index in [1.54, 1.807) is 25.3 Å². The molecular weight excluding hydrogens is 416 g/mol. The summed E-state index contributed by atoms with van der Waals surface area (Å²) in [5.74, 6) is 1.18. The molecule has 2 amide bonds. The van der Waals surface area contributed by atoms with E-state index in [0.717, 1.165) is 36.8 Å². The van der Waals surface area contributed by atoms with Crippen LogP contribution in [-0.4, -0.2) is 42.5 Å². The van der Waals surface area contributed by atoms with Gasteiger partial charge in [0.1, 0.15) is 6.61 Å². The Balaban J connectivity index is 1.39. The van der Waals surface area contributed by atoms with Crippen LogP contribution in [-0.2, 0) is 11.3 Å². The van der Waals surface area contributed by atoms with Gasteiger partial charge >= 0.3 is 0 Å². The summed E-state index contributed by atoms with van der Waals surface area (Å²) in [4.78, 5) is 27.1. The van der Waals surface area contributed by atoms with Crippen molar-refractivity contribution in [1.82, 2.24) is 10.2 Å². The van der Waals surface area contributed by atoms with E-state index in [1.165, 1.54) is 0 Å². The lowest BCUT2D eigenvalue weighted by atomic mass is 10.1. The number of nitrogens with one attached hydrogen (secondary N) is 1. The van der Waals surface area contributed by atoms with Crippen molar-refractivity contribution in [3.05, 3.63) is 77.9 Å². The van der Waals surface area contributed by atoms with Gasteiger partial charge in [0.2, 0.25) is 5.91 Å². The predicted molar refractivity (Wildman–Crippen MR) is 128 cm³/mol. The standard InChI is InChI=1S/C27H30N2O4/c1-3-16-33-24-14-6-19(17-25(24)32-2)7-15-26(30)29(23-12-13-23)18-20-4-8-21(9-5-20)27(31)28-22-10-11-22/h3-9,14-15,17,22-23H,1,10-13,16,18H2,2H3,(H,28,31)/b15-7+. The number of methoxy groups -OCH3 is 1. The summed E-state index contributed by atoms with van der Waals surface area (Å²) in [7, 11) is 1.59. The molecule has 1 N–H and O–H groups in total. The highest BCUT2D eigenvalue weighted by atomic mass is 16.5. The number of ether oxygens (including phenoxy) is 2. The van der Waals surface area contributed by atoms with Gasteiger partial charge in [0.05, 0.1) is 7.11 Å². The van der Waals surface area contributed by atoms with Crippen molar-refractivity contribution in [3.8, 4) is 11.5 Å². The van der Waals surface area contributed by atoms with Crippen molar-refractivity contribution in [1.29, 1.82) is 0 Å². The van der Waals surface area contributed by atoms with Crippen molar-refractivity contribution < 1.29 is 19.1 Å². The van der Waals surface area contributed by atoms with Crippen molar-refractivity contribution in [2.24, 2.45) is 0 Å². The Morgan fingerprint density at radius 1 is 1.09 bits per heavy atom. The molecule has 172 valence electrons. The number of hydrogen-bond donors (Lipinski definition) is 1. The number of carbonyl (C=O) groups excluding carboxylic acids is 2. The van der Waals surface area contributed by atoms with Gasteiger partial charge in [-0.3, -0.25) is 9.59 Å². The molecule has 0 aliphatic heterocycles. The van der Waals surface area contributed by atoms with Gasteiger partial charge in [-0.1, -0.05) is 30.9 Å². The van der Waals surface area contributed by atoms with Gasteiger partial charge in [-0.25, -0.2) is 0 Å². The van der Waals surface area contributed by atoms with Crippen LogP contribution >= 0.6 is 0 Å². The molecule has 2 fully saturated rings. The van der Waals surface area contributed by atoms with E-state index in [2.05, 4.69) is 11.9 Å². The Labute approximate surface area is 194 Å². The van der Waals surface area contributed by atoms with Crippen molar-refractivity contribution in [2.75, 3.05) is 13.7 Å².